The highest BCUT2D eigenvalue weighted by molar-refractivity contribution is 8.29. The average Bonchev–Trinajstić information content (AvgIpc) is 2.60. The molecular formula is C8H18N2O2S. The molecule has 0 bridgehead atoms. The molecule has 5 heteroatoms. The minimum Gasteiger partial charge on any atom is -0.432 e. The fourth-order valence-corrected chi connectivity index (χ4v) is 1.16. The molecule has 0 aromatic carbocycles. The van der Waals surface area contributed by atoms with Crippen LogP contribution in [0, 0.1) is 0 Å². The lowest BCUT2D eigenvalue weighted by molar-refractivity contribution is 0.575. The molecule has 1 atom stereocenters. The molecule has 13 heavy (non-hydrogen) atoms. The lowest BCUT2D eigenvalue weighted by Crippen LogP contribution is -2.10. The first-order chi connectivity index (χ1) is 6.14. The van der Waals surface area contributed by atoms with E-state index in [0.29, 0.717) is 11.8 Å². The van der Waals surface area contributed by atoms with Gasteiger partial charge in [0.1, 0.15) is 6.26 Å². The lowest BCUT2D eigenvalue weighted by atomic mass is 11.0. The summed E-state index contributed by atoms with van der Waals surface area (Å²) in [6.45, 7) is 5.91. The van der Waals surface area contributed by atoms with Crippen LogP contribution in [-0.2, 0) is 0 Å². The molecule has 1 heterocycles. The Morgan fingerprint density at radius 2 is 2.23 bits per heavy atom. The molecule has 0 aliphatic carbocycles. The summed E-state index contributed by atoms with van der Waals surface area (Å²) in [5.41, 5.74) is 0. The molecule has 1 aromatic heterocycles. The fourth-order valence-electron chi connectivity index (χ4n) is 0.534. The van der Waals surface area contributed by atoms with Crippen LogP contribution in [0.4, 0.5) is 6.01 Å². The molecule has 2 N–H and O–H groups in total. The molecule has 0 radical (unpaired) electrons. The van der Waals surface area contributed by atoms with E-state index < -0.39 is 10.5 Å². The second-order valence-corrected chi connectivity index (χ2v) is 5.13. The Kier molecular flexibility index (Phi) is 5.57. The third kappa shape index (κ3) is 4.80. The zero-order valence-corrected chi connectivity index (χ0v) is 9.39. The highest BCUT2D eigenvalue weighted by Gasteiger charge is 2.11. The Labute approximate surface area is 81.0 Å². The van der Waals surface area contributed by atoms with E-state index in [4.69, 9.17) is 4.42 Å². The highest BCUT2D eigenvalue weighted by Crippen LogP contribution is 2.37. The van der Waals surface area contributed by atoms with Gasteiger partial charge in [0, 0.05) is 12.0 Å². The van der Waals surface area contributed by atoms with E-state index in [1.807, 2.05) is 20.8 Å². The second kappa shape index (κ2) is 5.88. The number of nitrogens with zero attached hydrogens (tertiary/aromatic N) is 1. The van der Waals surface area contributed by atoms with Crippen molar-refractivity contribution < 1.29 is 8.97 Å². The van der Waals surface area contributed by atoms with Crippen molar-refractivity contribution in [3.63, 3.8) is 0 Å². The number of hydrogen-bond acceptors (Lipinski definition) is 4. The monoisotopic (exact) mass is 206 g/mol. The molecule has 0 aliphatic heterocycles. The molecule has 4 nitrogen and oxygen atoms in total. The molecule has 0 amide bonds. The van der Waals surface area contributed by atoms with E-state index in [-0.39, 0.29) is 0 Å². The van der Waals surface area contributed by atoms with Gasteiger partial charge in [-0.1, -0.05) is 31.3 Å². The molecule has 0 spiro atoms. The minimum absolute atomic E-state index is 0.381. The van der Waals surface area contributed by atoms with Crippen molar-refractivity contribution in [2.75, 3.05) is 16.7 Å². The van der Waals surface area contributed by atoms with Gasteiger partial charge in [0.2, 0.25) is 0 Å². The second-order valence-electron chi connectivity index (χ2n) is 2.27. The van der Waals surface area contributed by atoms with Gasteiger partial charge in [0.05, 0.1) is 6.20 Å². The lowest BCUT2D eigenvalue weighted by Gasteiger charge is -2.27. The molecule has 0 saturated heterocycles. The maximum absolute atomic E-state index is 9.57. The van der Waals surface area contributed by atoms with Gasteiger partial charge in [0.25, 0.3) is 0 Å². The summed E-state index contributed by atoms with van der Waals surface area (Å²) in [6, 6.07) is 0.381. The van der Waals surface area contributed by atoms with Gasteiger partial charge in [0.15, 0.2) is 0 Å². The van der Waals surface area contributed by atoms with Crippen molar-refractivity contribution >= 4 is 16.5 Å². The summed E-state index contributed by atoms with van der Waals surface area (Å²) in [6.07, 6.45) is 4.75. The Morgan fingerprint density at radius 3 is 2.62 bits per heavy atom. The molecule has 1 rings (SSSR count). The van der Waals surface area contributed by atoms with Gasteiger partial charge in [-0.05, 0) is 0 Å². The van der Waals surface area contributed by atoms with Gasteiger partial charge in [-0.25, -0.2) is 4.98 Å². The van der Waals surface area contributed by atoms with Gasteiger partial charge in [-0.3, -0.25) is 4.72 Å². The van der Waals surface area contributed by atoms with Crippen LogP contribution in [0.25, 0.3) is 0 Å². The van der Waals surface area contributed by atoms with Gasteiger partial charge in [-0.15, -0.1) is 0 Å². The Morgan fingerprint density at radius 1 is 1.62 bits per heavy atom. The van der Waals surface area contributed by atoms with Crippen LogP contribution in [0.2, 0.25) is 0 Å². The summed E-state index contributed by atoms with van der Waals surface area (Å²) in [7, 11) is -1.75. The van der Waals surface area contributed by atoms with Crippen molar-refractivity contribution in [1.29, 1.82) is 0 Å². The van der Waals surface area contributed by atoms with Gasteiger partial charge < -0.3 is 8.97 Å². The Hall–Kier alpha value is -0.680. The number of rotatable bonds is 3. The fraction of sp³-hybridized carbons (Fsp3) is 0.625. The van der Waals surface area contributed by atoms with E-state index in [0.717, 1.165) is 0 Å². The first-order valence-electron chi connectivity index (χ1n) is 4.30. The molecule has 0 fully saturated rings. The predicted octanol–water partition coefficient (Wildman–Crippen LogP) is 2.96. The third-order valence-electron chi connectivity index (χ3n) is 1.30. The van der Waals surface area contributed by atoms with E-state index in [9.17, 15) is 4.55 Å². The molecule has 0 aliphatic rings. The first-order valence-corrected chi connectivity index (χ1v) is 6.46. The summed E-state index contributed by atoms with van der Waals surface area (Å²) >= 11 is 0. The maximum atomic E-state index is 9.57. The number of hydrogen-bond donors (Lipinski definition) is 2. The smallest absolute Gasteiger partial charge is 0.305 e. The normalized spacial score (nSPS) is 16.4. The topological polar surface area (TPSA) is 58.3 Å². The predicted molar refractivity (Wildman–Crippen MR) is 58.2 cm³/mol. The van der Waals surface area contributed by atoms with Gasteiger partial charge >= 0.3 is 6.01 Å². The van der Waals surface area contributed by atoms with E-state index in [1.54, 1.807) is 6.26 Å². The van der Waals surface area contributed by atoms with Crippen LogP contribution in [0.5, 0.6) is 0 Å². The zero-order valence-electron chi connectivity index (χ0n) is 8.57. The maximum Gasteiger partial charge on any atom is 0.305 e. The summed E-state index contributed by atoms with van der Waals surface area (Å²) in [5.74, 6) is 0.676. The summed E-state index contributed by atoms with van der Waals surface area (Å²) in [5, 5.41) is 0. The number of aromatic nitrogens is 1. The summed E-state index contributed by atoms with van der Waals surface area (Å²) < 4.78 is 17.3. The van der Waals surface area contributed by atoms with Crippen LogP contribution < -0.4 is 4.72 Å². The average molecular weight is 206 g/mol. The Bertz CT molecular complexity index is 212. The van der Waals surface area contributed by atoms with Crippen molar-refractivity contribution in [3.05, 3.63) is 12.5 Å². The van der Waals surface area contributed by atoms with Crippen molar-refractivity contribution in [3.8, 4) is 0 Å². The first kappa shape index (κ1) is 12.3. The van der Waals surface area contributed by atoms with Crippen molar-refractivity contribution in [1.82, 2.24) is 4.98 Å². The highest BCUT2D eigenvalue weighted by atomic mass is 32.3. The van der Waals surface area contributed by atoms with E-state index >= 15 is 0 Å². The molecule has 78 valence electrons. The number of anilines is 1. The molecule has 0 saturated carbocycles. The zero-order chi connectivity index (χ0) is 10.3. The molecule has 1 aromatic rings. The number of nitrogens with one attached hydrogen (secondary N) is 1. The SMILES string of the molecule is CC.CCS(C)(O)Nc1ncco1. The van der Waals surface area contributed by atoms with Gasteiger partial charge in [-0.2, -0.15) is 0 Å². The van der Waals surface area contributed by atoms with Crippen LogP contribution in [0.3, 0.4) is 0 Å². The van der Waals surface area contributed by atoms with Crippen LogP contribution in [-0.4, -0.2) is 21.5 Å². The quantitative estimate of drug-likeness (QED) is 0.798. The van der Waals surface area contributed by atoms with Crippen molar-refractivity contribution in [2.24, 2.45) is 0 Å². The standard InChI is InChI=1S/C6H12N2O2S.C2H6/c1-3-11(2,9)8-6-7-4-5-10-6;1-2/h4-5,9H,3H2,1-2H3,(H,7,8);1-2H3. The molecular weight excluding hydrogens is 188 g/mol. The number of oxazole rings is 1. The molecule has 1 unspecified atom stereocenters. The van der Waals surface area contributed by atoms with E-state index in [1.165, 1.54) is 12.5 Å². The van der Waals surface area contributed by atoms with E-state index in [2.05, 4.69) is 9.71 Å². The van der Waals surface area contributed by atoms with Crippen LogP contribution in [0.15, 0.2) is 16.9 Å². The minimum atomic E-state index is -1.75. The van der Waals surface area contributed by atoms with Crippen LogP contribution in [0.1, 0.15) is 20.8 Å². The summed E-state index contributed by atoms with van der Waals surface area (Å²) in [4.78, 5) is 3.83. The third-order valence-corrected chi connectivity index (χ3v) is 3.04. The Balaban J connectivity index is 0.000000671. The van der Waals surface area contributed by atoms with Crippen LogP contribution >= 0.6 is 10.5 Å². The largest absolute Gasteiger partial charge is 0.432 e. The van der Waals surface area contributed by atoms with Crippen molar-refractivity contribution in [2.45, 2.75) is 20.8 Å².